The Morgan fingerprint density at radius 3 is 2.43 bits per heavy atom. The highest BCUT2D eigenvalue weighted by Gasteiger charge is 2.16. The predicted octanol–water partition coefficient (Wildman–Crippen LogP) is 4.05. The van der Waals surface area contributed by atoms with Crippen LogP contribution in [0.15, 0.2) is 24.2 Å². The molecule has 0 unspecified atom stereocenters. The van der Waals surface area contributed by atoms with Crippen molar-refractivity contribution >= 4 is 24.7 Å². The first-order chi connectivity index (χ1) is 6.38. The summed E-state index contributed by atoms with van der Waals surface area (Å²) < 4.78 is 35.6. The quantitative estimate of drug-likeness (QED) is 0.658. The molecule has 0 aromatic heterocycles. The molecular formula is C9H8BClF3-. The van der Waals surface area contributed by atoms with Gasteiger partial charge in [-0.2, -0.15) is 0 Å². The molecule has 0 atom stereocenters. The first-order valence-electron chi connectivity index (χ1n) is 4.04. The summed E-state index contributed by atoms with van der Waals surface area (Å²) >= 11 is 5.75. The largest absolute Gasteiger partial charge is 0.502 e. The van der Waals surface area contributed by atoms with Crippen molar-refractivity contribution < 1.29 is 12.9 Å². The van der Waals surface area contributed by atoms with E-state index in [1.165, 1.54) is 6.07 Å². The van der Waals surface area contributed by atoms with Gasteiger partial charge >= 0.3 is 6.98 Å². The molecule has 14 heavy (non-hydrogen) atoms. The minimum Gasteiger partial charge on any atom is -0.445 e. The second-order valence-corrected chi connectivity index (χ2v) is 3.40. The fourth-order valence-corrected chi connectivity index (χ4v) is 1.12. The molecule has 1 aromatic rings. The summed E-state index contributed by atoms with van der Waals surface area (Å²) in [6, 6.07) is 4.79. The SMILES string of the molecule is Cc1ccc(/C=C/[B-](F)(F)F)cc1Cl. The molecule has 0 heterocycles. The number of halogens is 4. The van der Waals surface area contributed by atoms with Crippen molar-refractivity contribution in [1.82, 2.24) is 0 Å². The maximum absolute atomic E-state index is 11.9. The monoisotopic (exact) mass is 219 g/mol. The zero-order chi connectivity index (χ0) is 10.8. The van der Waals surface area contributed by atoms with E-state index in [1.807, 2.05) is 0 Å². The average Bonchev–Trinajstić information content (AvgIpc) is 2.06. The lowest BCUT2D eigenvalue weighted by Crippen LogP contribution is -2.09. The normalized spacial score (nSPS) is 12.4. The second-order valence-electron chi connectivity index (χ2n) is 2.99. The molecule has 76 valence electrons. The third-order valence-electron chi connectivity index (χ3n) is 1.70. The first kappa shape index (κ1) is 11.2. The molecule has 0 saturated heterocycles. The second kappa shape index (κ2) is 4.09. The van der Waals surface area contributed by atoms with Gasteiger partial charge in [-0.3, -0.25) is 0 Å². The van der Waals surface area contributed by atoms with E-state index < -0.39 is 6.98 Å². The Balaban J connectivity index is 2.89. The summed E-state index contributed by atoms with van der Waals surface area (Å²) in [5, 5.41) is 0.474. The molecule has 0 N–H and O–H groups in total. The molecule has 0 fully saturated rings. The highest BCUT2D eigenvalue weighted by molar-refractivity contribution is 6.64. The fourth-order valence-electron chi connectivity index (χ4n) is 0.933. The molecule has 1 rings (SSSR count). The van der Waals surface area contributed by atoms with Gasteiger partial charge in [0.15, 0.2) is 0 Å². The average molecular weight is 219 g/mol. The zero-order valence-corrected chi connectivity index (χ0v) is 8.23. The van der Waals surface area contributed by atoms with Crippen molar-refractivity contribution in [1.29, 1.82) is 0 Å². The van der Waals surface area contributed by atoms with Gasteiger partial charge in [0.1, 0.15) is 0 Å². The molecule has 0 aliphatic heterocycles. The number of hydrogen-bond donors (Lipinski definition) is 0. The maximum Gasteiger partial charge on any atom is 0.502 e. The van der Waals surface area contributed by atoms with Crippen LogP contribution in [0.3, 0.4) is 0 Å². The molecule has 0 amide bonds. The van der Waals surface area contributed by atoms with Gasteiger partial charge in [0, 0.05) is 5.02 Å². The van der Waals surface area contributed by atoms with E-state index in [0.717, 1.165) is 11.6 Å². The molecular weight excluding hydrogens is 211 g/mol. The molecule has 0 aliphatic carbocycles. The Labute approximate surface area is 85.4 Å². The molecule has 0 spiro atoms. The Bertz CT molecular complexity index is 358. The first-order valence-corrected chi connectivity index (χ1v) is 4.41. The summed E-state index contributed by atoms with van der Waals surface area (Å²) in [4.78, 5) is 0. The minimum absolute atomic E-state index is 0.251. The van der Waals surface area contributed by atoms with Crippen LogP contribution in [0.1, 0.15) is 11.1 Å². The van der Waals surface area contributed by atoms with Crippen LogP contribution in [-0.4, -0.2) is 6.98 Å². The van der Waals surface area contributed by atoms with E-state index in [2.05, 4.69) is 0 Å². The smallest absolute Gasteiger partial charge is 0.445 e. The van der Waals surface area contributed by atoms with Crippen molar-refractivity contribution in [3.05, 3.63) is 40.3 Å². The fraction of sp³-hybridized carbons (Fsp3) is 0.111. The predicted molar refractivity (Wildman–Crippen MR) is 54.3 cm³/mol. The lowest BCUT2D eigenvalue weighted by Gasteiger charge is -2.06. The molecule has 0 bridgehead atoms. The van der Waals surface area contributed by atoms with Crippen molar-refractivity contribution in [3.8, 4) is 0 Å². The summed E-state index contributed by atoms with van der Waals surface area (Å²) in [5.41, 5.74) is 1.31. The van der Waals surface area contributed by atoms with Crippen LogP contribution in [-0.2, 0) is 0 Å². The van der Waals surface area contributed by atoms with Gasteiger partial charge in [-0.05, 0) is 24.1 Å². The lowest BCUT2D eigenvalue weighted by atomic mass is 9.90. The van der Waals surface area contributed by atoms with Crippen LogP contribution in [0.2, 0.25) is 5.02 Å². The number of benzene rings is 1. The van der Waals surface area contributed by atoms with Crippen molar-refractivity contribution in [3.63, 3.8) is 0 Å². The van der Waals surface area contributed by atoms with Crippen LogP contribution in [0.5, 0.6) is 0 Å². The summed E-state index contributed by atoms with van der Waals surface area (Å²) in [6.45, 7) is -3.08. The summed E-state index contributed by atoms with van der Waals surface area (Å²) in [7, 11) is 0. The molecule has 0 radical (unpaired) electrons. The Hall–Kier alpha value is -0.895. The summed E-state index contributed by atoms with van der Waals surface area (Å²) in [6.07, 6.45) is 1.02. The third kappa shape index (κ3) is 3.46. The van der Waals surface area contributed by atoms with Crippen molar-refractivity contribution in [2.24, 2.45) is 0 Å². The van der Waals surface area contributed by atoms with Gasteiger partial charge in [0.05, 0.1) is 0 Å². The van der Waals surface area contributed by atoms with E-state index in [9.17, 15) is 12.9 Å². The molecule has 0 nitrogen and oxygen atoms in total. The standard InChI is InChI=1S/C9H8BClF3/c1-7-2-3-8(6-9(7)11)4-5-10(12,13)14/h2-6H,1H3/q-1/b5-4+. The van der Waals surface area contributed by atoms with E-state index in [0.29, 0.717) is 10.6 Å². The number of hydrogen-bond acceptors (Lipinski definition) is 0. The van der Waals surface area contributed by atoms with Crippen LogP contribution in [0.4, 0.5) is 12.9 Å². The highest BCUT2D eigenvalue weighted by Crippen LogP contribution is 2.19. The zero-order valence-electron chi connectivity index (χ0n) is 7.48. The van der Waals surface area contributed by atoms with Gasteiger partial charge in [-0.1, -0.05) is 29.8 Å². The minimum atomic E-state index is -4.87. The van der Waals surface area contributed by atoms with Gasteiger partial charge in [-0.25, -0.2) is 0 Å². The van der Waals surface area contributed by atoms with E-state index in [-0.39, 0.29) is 5.98 Å². The Morgan fingerprint density at radius 2 is 1.93 bits per heavy atom. The third-order valence-corrected chi connectivity index (χ3v) is 2.11. The number of aryl methyl sites for hydroxylation is 1. The van der Waals surface area contributed by atoms with Crippen LogP contribution in [0, 0.1) is 6.92 Å². The lowest BCUT2D eigenvalue weighted by molar-refractivity contribution is 0.499. The van der Waals surface area contributed by atoms with E-state index in [4.69, 9.17) is 11.6 Å². The van der Waals surface area contributed by atoms with Gasteiger partial charge in [-0.15, -0.1) is 5.98 Å². The van der Waals surface area contributed by atoms with Gasteiger partial charge in [0.25, 0.3) is 0 Å². The molecule has 0 aliphatic rings. The van der Waals surface area contributed by atoms with Crippen molar-refractivity contribution in [2.75, 3.05) is 0 Å². The maximum atomic E-state index is 11.9. The highest BCUT2D eigenvalue weighted by atomic mass is 35.5. The Kier molecular flexibility index (Phi) is 3.27. The number of rotatable bonds is 2. The molecule has 0 saturated carbocycles. The van der Waals surface area contributed by atoms with Crippen LogP contribution >= 0.6 is 11.6 Å². The Morgan fingerprint density at radius 1 is 1.29 bits per heavy atom. The van der Waals surface area contributed by atoms with Gasteiger partial charge in [0.2, 0.25) is 0 Å². The van der Waals surface area contributed by atoms with Crippen molar-refractivity contribution in [2.45, 2.75) is 6.92 Å². The summed E-state index contributed by atoms with van der Waals surface area (Å²) in [5.74, 6) is 0.251. The van der Waals surface area contributed by atoms with Crippen LogP contribution in [0.25, 0.3) is 6.08 Å². The topological polar surface area (TPSA) is 0 Å². The van der Waals surface area contributed by atoms with Crippen LogP contribution < -0.4 is 0 Å². The molecule has 5 heteroatoms. The van der Waals surface area contributed by atoms with Gasteiger partial charge < -0.3 is 12.9 Å². The van der Waals surface area contributed by atoms with E-state index >= 15 is 0 Å². The van der Waals surface area contributed by atoms with E-state index in [1.54, 1.807) is 19.1 Å². The molecule has 1 aromatic carbocycles.